The van der Waals surface area contributed by atoms with E-state index in [1.807, 2.05) is 11.7 Å². The van der Waals surface area contributed by atoms with Crippen molar-refractivity contribution >= 4 is 15.9 Å². The molecule has 0 aliphatic heterocycles. The second-order valence-corrected chi connectivity index (χ2v) is 3.48. The van der Waals surface area contributed by atoms with Gasteiger partial charge in [-0.1, -0.05) is 6.92 Å². The molecule has 1 rings (SSSR count). The number of rotatable bonds is 3. The molecule has 3 N–H and O–H groups in total. The van der Waals surface area contributed by atoms with Crippen molar-refractivity contribution in [2.75, 3.05) is 0 Å². The van der Waals surface area contributed by atoms with Crippen LogP contribution in [0.5, 0.6) is 0 Å². The van der Waals surface area contributed by atoms with Crippen LogP contribution >= 0.6 is 15.9 Å². The van der Waals surface area contributed by atoms with E-state index in [1.54, 1.807) is 6.20 Å². The molecule has 0 aliphatic rings. The Morgan fingerprint density at radius 1 is 1.83 bits per heavy atom. The summed E-state index contributed by atoms with van der Waals surface area (Å²) in [5.74, 6) is 5.40. The predicted octanol–water partition coefficient (Wildman–Crippen LogP) is 1.10. The van der Waals surface area contributed by atoms with E-state index in [0.29, 0.717) is 0 Å². The maximum Gasteiger partial charge on any atom is 0.0705 e. The summed E-state index contributed by atoms with van der Waals surface area (Å²) in [7, 11) is 1.90. The van der Waals surface area contributed by atoms with Crippen LogP contribution in [0.4, 0.5) is 0 Å². The van der Waals surface area contributed by atoms with Gasteiger partial charge in [-0.3, -0.25) is 16.0 Å². The van der Waals surface area contributed by atoms with Gasteiger partial charge in [-0.05, 0) is 22.4 Å². The second-order valence-electron chi connectivity index (χ2n) is 2.63. The number of hydrazine groups is 1. The molecule has 0 saturated heterocycles. The average molecular weight is 233 g/mol. The van der Waals surface area contributed by atoms with Gasteiger partial charge in [0.1, 0.15) is 0 Å². The quantitative estimate of drug-likeness (QED) is 0.607. The van der Waals surface area contributed by atoms with Crippen LogP contribution in [-0.4, -0.2) is 9.78 Å². The number of halogens is 1. The molecule has 0 fully saturated rings. The zero-order chi connectivity index (χ0) is 9.14. The van der Waals surface area contributed by atoms with Crippen molar-refractivity contribution in [1.82, 2.24) is 15.2 Å². The number of aryl methyl sites for hydroxylation is 1. The zero-order valence-corrected chi connectivity index (χ0v) is 8.80. The summed E-state index contributed by atoms with van der Waals surface area (Å²) in [6.45, 7) is 2.07. The Morgan fingerprint density at radius 2 is 2.50 bits per heavy atom. The molecule has 0 bridgehead atoms. The monoisotopic (exact) mass is 232 g/mol. The minimum atomic E-state index is 0.159. The van der Waals surface area contributed by atoms with Gasteiger partial charge in [0.05, 0.1) is 22.4 Å². The molecule has 1 unspecified atom stereocenters. The van der Waals surface area contributed by atoms with Gasteiger partial charge < -0.3 is 0 Å². The van der Waals surface area contributed by atoms with Gasteiger partial charge in [0.15, 0.2) is 0 Å². The lowest BCUT2D eigenvalue weighted by Crippen LogP contribution is -2.29. The number of nitrogens with two attached hydrogens (primary N) is 1. The molecule has 12 heavy (non-hydrogen) atoms. The number of nitrogens with zero attached hydrogens (tertiary/aromatic N) is 2. The molecular weight excluding hydrogens is 220 g/mol. The van der Waals surface area contributed by atoms with Crippen molar-refractivity contribution < 1.29 is 0 Å². The zero-order valence-electron chi connectivity index (χ0n) is 7.21. The van der Waals surface area contributed by atoms with Crippen LogP contribution in [0.1, 0.15) is 25.1 Å². The molecule has 5 heteroatoms. The SMILES string of the molecule is CCC(NN)c1c(Br)cnn1C. The number of hydrogen-bond acceptors (Lipinski definition) is 3. The highest BCUT2D eigenvalue weighted by atomic mass is 79.9. The minimum absolute atomic E-state index is 0.159. The molecule has 0 amide bonds. The second kappa shape index (κ2) is 4.02. The van der Waals surface area contributed by atoms with Gasteiger partial charge in [-0.2, -0.15) is 5.10 Å². The van der Waals surface area contributed by atoms with Crippen molar-refractivity contribution in [3.8, 4) is 0 Å². The van der Waals surface area contributed by atoms with Gasteiger partial charge in [0.25, 0.3) is 0 Å². The van der Waals surface area contributed by atoms with E-state index in [4.69, 9.17) is 5.84 Å². The summed E-state index contributed by atoms with van der Waals surface area (Å²) >= 11 is 3.42. The molecule has 1 atom stereocenters. The van der Waals surface area contributed by atoms with Crippen molar-refractivity contribution in [3.63, 3.8) is 0 Å². The van der Waals surface area contributed by atoms with Crippen LogP contribution in [0.2, 0.25) is 0 Å². The van der Waals surface area contributed by atoms with E-state index in [1.165, 1.54) is 0 Å². The van der Waals surface area contributed by atoms with Crippen LogP contribution < -0.4 is 11.3 Å². The molecule has 1 heterocycles. The summed E-state index contributed by atoms with van der Waals surface area (Å²) in [6.07, 6.45) is 2.71. The van der Waals surface area contributed by atoms with Crippen molar-refractivity contribution in [3.05, 3.63) is 16.4 Å². The molecule has 0 saturated carbocycles. The van der Waals surface area contributed by atoms with E-state index in [9.17, 15) is 0 Å². The fraction of sp³-hybridized carbons (Fsp3) is 0.571. The Morgan fingerprint density at radius 3 is 2.83 bits per heavy atom. The average Bonchev–Trinajstić information content (AvgIpc) is 2.38. The number of aromatic nitrogens is 2. The van der Waals surface area contributed by atoms with E-state index in [0.717, 1.165) is 16.6 Å². The summed E-state index contributed by atoms with van der Waals surface area (Å²) in [5.41, 5.74) is 3.83. The molecule has 0 radical (unpaired) electrons. The highest BCUT2D eigenvalue weighted by molar-refractivity contribution is 9.10. The molecule has 0 spiro atoms. The molecule has 1 aromatic rings. The third-order valence-corrected chi connectivity index (χ3v) is 2.49. The van der Waals surface area contributed by atoms with E-state index >= 15 is 0 Å². The maximum atomic E-state index is 5.40. The Hall–Kier alpha value is -0.390. The molecule has 0 aliphatic carbocycles. The van der Waals surface area contributed by atoms with Crippen molar-refractivity contribution in [1.29, 1.82) is 0 Å². The lowest BCUT2D eigenvalue weighted by Gasteiger charge is -2.14. The van der Waals surface area contributed by atoms with Crippen molar-refractivity contribution in [2.45, 2.75) is 19.4 Å². The topological polar surface area (TPSA) is 55.9 Å². The van der Waals surface area contributed by atoms with Gasteiger partial charge in [0.2, 0.25) is 0 Å². The predicted molar refractivity (Wildman–Crippen MR) is 51.3 cm³/mol. The fourth-order valence-corrected chi connectivity index (χ4v) is 1.83. The third kappa shape index (κ3) is 1.68. The summed E-state index contributed by atoms with van der Waals surface area (Å²) < 4.78 is 2.81. The van der Waals surface area contributed by atoms with Crippen LogP contribution in [0.15, 0.2) is 10.7 Å². The van der Waals surface area contributed by atoms with E-state index in [2.05, 4.69) is 33.4 Å². The van der Waals surface area contributed by atoms with Gasteiger partial charge >= 0.3 is 0 Å². The minimum Gasteiger partial charge on any atom is -0.271 e. The Kier molecular flexibility index (Phi) is 3.25. The molecule has 68 valence electrons. The maximum absolute atomic E-state index is 5.40. The van der Waals surface area contributed by atoms with Crippen molar-refractivity contribution in [2.24, 2.45) is 12.9 Å². The molecular formula is C7H13BrN4. The van der Waals surface area contributed by atoms with Gasteiger partial charge in [-0.25, -0.2) is 0 Å². The Labute approximate surface area is 80.2 Å². The lowest BCUT2D eigenvalue weighted by molar-refractivity contribution is 0.496. The lowest BCUT2D eigenvalue weighted by atomic mass is 10.2. The number of nitrogens with one attached hydrogen (secondary N) is 1. The summed E-state index contributed by atoms with van der Waals surface area (Å²) in [5, 5.41) is 4.11. The first-order chi connectivity index (χ1) is 5.70. The molecule has 4 nitrogen and oxygen atoms in total. The molecule has 0 aromatic carbocycles. The first-order valence-electron chi connectivity index (χ1n) is 3.84. The highest BCUT2D eigenvalue weighted by Crippen LogP contribution is 2.23. The summed E-state index contributed by atoms with van der Waals surface area (Å²) in [6, 6.07) is 0.159. The molecule has 1 aromatic heterocycles. The first kappa shape index (κ1) is 9.70. The van der Waals surface area contributed by atoms with E-state index in [-0.39, 0.29) is 6.04 Å². The van der Waals surface area contributed by atoms with Crippen LogP contribution in [0.3, 0.4) is 0 Å². The Balaban J connectivity index is 2.98. The first-order valence-corrected chi connectivity index (χ1v) is 4.63. The van der Waals surface area contributed by atoms with Crippen LogP contribution in [0.25, 0.3) is 0 Å². The van der Waals surface area contributed by atoms with Crippen LogP contribution in [0, 0.1) is 0 Å². The normalized spacial score (nSPS) is 13.3. The van der Waals surface area contributed by atoms with Gasteiger partial charge in [-0.15, -0.1) is 0 Å². The standard InChI is InChI=1S/C7H13BrN4/c1-3-6(11-9)7-5(8)4-10-12(7)2/h4,6,11H,3,9H2,1-2H3. The third-order valence-electron chi connectivity index (χ3n) is 1.88. The van der Waals surface area contributed by atoms with Crippen LogP contribution in [-0.2, 0) is 7.05 Å². The van der Waals surface area contributed by atoms with Gasteiger partial charge in [0, 0.05) is 7.05 Å². The highest BCUT2D eigenvalue weighted by Gasteiger charge is 2.14. The summed E-state index contributed by atoms with van der Waals surface area (Å²) in [4.78, 5) is 0. The fourth-order valence-electron chi connectivity index (χ4n) is 1.20. The number of hydrogen-bond donors (Lipinski definition) is 2. The van der Waals surface area contributed by atoms with E-state index < -0.39 is 0 Å². The largest absolute Gasteiger partial charge is 0.271 e. The Bertz CT molecular complexity index is 234. The smallest absolute Gasteiger partial charge is 0.0705 e.